The van der Waals surface area contributed by atoms with E-state index in [9.17, 15) is 0 Å². The van der Waals surface area contributed by atoms with Crippen LogP contribution in [0.1, 0.15) is 50.3 Å². The van der Waals surface area contributed by atoms with Gasteiger partial charge in [0.15, 0.2) is 0 Å². The Morgan fingerprint density at radius 2 is 1.84 bits per heavy atom. The number of hydrogen-bond acceptors (Lipinski definition) is 2. The van der Waals surface area contributed by atoms with E-state index in [0.29, 0.717) is 12.1 Å². The lowest BCUT2D eigenvalue weighted by Crippen LogP contribution is -2.43. The summed E-state index contributed by atoms with van der Waals surface area (Å²) in [7, 11) is 0. The summed E-state index contributed by atoms with van der Waals surface area (Å²) in [5.74, 6) is 0. The Morgan fingerprint density at radius 3 is 2.42 bits per heavy atom. The molecule has 0 spiro atoms. The summed E-state index contributed by atoms with van der Waals surface area (Å²) in [6, 6.07) is 10.1. The van der Waals surface area contributed by atoms with Gasteiger partial charge in [0.1, 0.15) is 0 Å². The highest BCUT2D eigenvalue weighted by molar-refractivity contribution is 5.23. The van der Waals surface area contributed by atoms with Gasteiger partial charge in [-0.15, -0.1) is 0 Å². The van der Waals surface area contributed by atoms with Crippen LogP contribution in [0.2, 0.25) is 0 Å². The molecular formula is C17H28N2. The Morgan fingerprint density at radius 1 is 1.21 bits per heavy atom. The van der Waals surface area contributed by atoms with Crippen molar-refractivity contribution in [2.24, 2.45) is 0 Å². The Balaban J connectivity index is 1.80. The highest BCUT2D eigenvalue weighted by Gasteiger charge is 2.20. The molecule has 1 aliphatic rings. The number of hydrogen-bond donors (Lipinski definition) is 1. The third-order valence-electron chi connectivity index (χ3n) is 4.19. The van der Waals surface area contributed by atoms with Crippen LogP contribution in [0.3, 0.4) is 0 Å². The van der Waals surface area contributed by atoms with Crippen molar-refractivity contribution in [3.63, 3.8) is 0 Å². The summed E-state index contributed by atoms with van der Waals surface area (Å²) >= 11 is 0. The molecule has 1 aromatic carbocycles. The van der Waals surface area contributed by atoms with E-state index in [1.54, 1.807) is 0 Å². The lowest BCUT2D eigenvalue weighted by molar-refractivity contribution is 0.192. The van der Waals surface area contributed by atoms with Crippen molar-refractivity contribution < 1.29 is 0 Å². The van der Waals surface area contributed by atoms with E-state index in [0.717, 1.165) is 0 Å². The van der Waals surface area contributed by atoms with Crippen molar-refractivity contribution in [2.45, 2.75) is 52.1 Å². The van der Waals surface area contributed by atoms with Crippen molar-refractivity contribution in [1.82, 2.24) is 10.2 Å². The second-order valence-electron chi connectivity index (χ2n) is 5.91. The van der Waals surface area contributed by atoms with Gasteiger partial charge < -0.3 is 10.2 Å². The molecule has 1 saturated heterocycles. The molecule has 1 heterocycles. The topological polar surface area (TPSA) is 15.3 Å². The Hall–Kier alpha value is -0.860. The van der Waals surface area contributed by atoms with Crippen LogP contribution < -0.4 is 5.32 Å². The maximum atomic E-state index is 3.79. The van der Waals surface area contributed by atoms with Gasteiger partial charge in [0.25, 0.3) is 0 Å². The van der Waals surface area contributed by atoms with Crippen molar-refractivity contribution >= 4 is 0 Å². The second kappa shape index (κ2) is 7.06. The minimum Gasteiger partial charge on any atom is -0.307 e. The van der Waals surface area contributed by atoms with Crippen molar-refractivity contribution in [1.29, 1.82) is 0 Å². The Kier molecular flexibility index (Phi) is 5.41. The van der Waals surface area contributed by atoms with E-state index in [2.05, 4.69) is 55.3 Å². The van der Waals surface area contributed by atoms with Gasteiger partial charge in [-0.05, 0) is 58.3 Å². The second-order valence-corrected chi connectivity index (χ2v) is 5.91. The molecule has 0 aromatic heterocycles. The first-order valence-corrected chi connectivity index (χ1v) is 7.74. The van der Waals surface area contributed by atoms with Gasteiger partial charge in [0.2, 0.25) is 0 Å². The van der Waals surface area contributed by atoms with Crippen LogP contribution in [0.15, 0.2) is 24.3 Å². The number of aryl methyl sites for hydroxylation is 1. The summed E-state index contributed by atoms with van der Waals surface area (Å²) in [5, 5.41) is 3.79. The van der Waals surface area contributed by atoms with E-state index in [1.807, 2.05) is 0 Å². The van der Waals surface area contributed by atoms with E-state index in [-0.39, 0.29) is 0 Å². The summed E-state index contributed by atoms with van der Waals surface area (Å²) in [6.45, 7) is 10.5. The molecule has 1 fully saturated rings. The fourth-order valence-electron chi connectivity index (χ4n) is 2.94. The van der Waals surface area contributed by atoms with Gasteiger partial charge in [-0.2, -0.15) is 0 Å². The van der Waals surface area contributed by atoms with Crippen molar-refractivity contribution in [3.05, 3.63) is 35.4 Å². The van der Waals surface area contributed by atoms with Crippen molar-refractivity contribution in [2.75, 3.05) is 19.6 Å². The fraction of sp³-hybridized carbons (Fsp3) is 0.647. The number of likely N-dealkylation sites (tertiary alicyclic amines) is 1. The minimum absolute atomic E-state index is 0.461. The van der Waals surface area contributed by atoms with Gasteiger partial charge in [-0.25, -0.2) is 0 Å². The molecule has 0 unspecified atom stereocenters. The smallest absolute Gasteiger partial charge is 0.0294 e. The Labute approximate surface area is 118 Å². The molecular weight excluding hydrogens is 232 g/mol. The predicted molar refractivity (Wildman–Crippen MR) is 82.5 cm³/mol. The van der Waals surface area contributed by atoms with Gasteiger partial charge in [0, 0.05) is 12.1 Å². The SMILES string of the molecule is CCCN1CCC(N[C@@H](C)c2ccc(C)cc2)CC1. The standard InChI is InChI=1S/C17H28N2/c1-4-11-19-12-9-17(10-13-19)18-15(3)16-7-5-14(2)6-8-16/h5-8,15,17-18H,4,9-13H2,1-3H3/t15-/m0/s1. The van der Waals surface area contributed by atoms with Crippen LogP contribution >= 0.6 is 0 Å². The van der Waals surface area contributed by atoms with Gasteiger partial charge in [-0.1, -0.05) is 36.8 Å². The van der Waals surface area contributed by atoms with Crippen LogP contribution in [0.5, 0.6) is 0 Å². The lowest BCUT2D eigenvalue weighted by Gasteiger charge is -2.33. The normalized spacial score (nSPS) is 19.5. The highest BCUT2D eigenvalue weighted by Crippen LogP contribution is 2.18. The van der Waals surface area contributed by atoms with Crippen LogP contribution in [-0.2, 0) is 0 Å². The molecule has 19 heavy (non-hydrogen) atoms. The average molecular weight is 260 g/mol. The third kappa shape index (κ3) is 4.32. The first kappa shape index (κ1) is 14.5. The molecule has 2 rings (SSSR count). The monoisotopic (exact) mass is 260 g/mol. The van der Waals surface area contributed by atoms with Crippen molar-refractivity contribution in [3.8, 4) is 0 Å². The molecule has 0 saturated carbocycles. The minimum atomic E-state index is 0.461. The molecule has 0 radical (unpaired) electrons. The number of benzene rings is 1. The first-order valence-electron chi connectivity index (χ1n) is 7.74. The molecule has 106 valence electrons. The zero-order valence-corrected chi connectivity index (χ0v) is 12.7. The molecule has 0 aliphatic carbocycles. The average Bonchev–Trinajstić information content (AvgIpc) is 2.42. The fourth-order valence-corrected chi connectivity index (χ4v) is 2.94. The number of rotatable bonds is 5. The van der Waals surface area contributed by atoms with Crippen LogP contribution in [0.4, 0.5) is 0 Å². The van der Waals surface area contributed by atoms with E-state index < -0.39 is 0 Å². The number of nitrogens with zero attached hydrogens (tertiary/aromatic N) is 1. The van der Waals surface area contributed by atoms with Gasteiger partial charge >= 0.3 is 0 Å². The van der Waals surface area contributed by atoms with Gasteiger partial charge in [-0.3, -0.25) is 0 Å². The maximum absolute atomic E-state index is 3.79. The zero-order valence-electron chi connectivity index (χ0n) is 12.7. The largest absolute Gasteiger partial charge is 0.307 e. The lowest BCUT2D eigenvalue weighted by atomic mass is 10.0. The third-order valence-corrected chi connectivity index (χ3v) is 4.19. The number of piperidine rings is 1. The molecule has 1 N–H and O–H groups in total. The quantitative estimate of drug-likeness (QED) is 0.871. The van der Waals surface area contributed by atoms with E-state index in [4.69, 9.17) is 0 Å². The van der Waals surface area contributed by atoms with Crippen LogP contribution in [0, 0.1) is 6.92 Å². The Bertz CT molecular complexity index is 363. The molecule has 2 heteroatoms. The maximum Gasteiger partial charge on any atom is 0.0294 e. The van der Waals surface area contributed by atoms with E-state index in [1.165, 1.54) is 50.0 Å². The van der Waals surface area contributed by atoms with E-state index >= 15 is 0 Å². The summed E-state index contributed by atoms with van der Waals surface area (Å²) in [6.07, 6.45) is 3.85. The molecule has 0 bridgehead atoms. The molecule has 1 aliphatic heterocycles. The highest BCUT2D eigenvalue weighted by atomic mass is 15.1. The number of nitrogens with one attached hydrogen (secondary N) is 1. The molecule has 2 nitrogen and oxygen atoms in total. The molecule has 1 aromatic rings. The molecule has 0 amide bonds. The summed E-state index contributed by atoms with van der Waals surface area (Å²) in [4.78, 5) is 2.59. The van der Waals surface area contributed by atoms with Gasteiger partial charge in [0.05, 0.1) is 0 Å². The zero-order chi connectivity index (χ0) is 13.7. The predicted octanol–water partition coefficient (Wildman–Crippen LogP) is 3.52. The first-order chi connectivity index (χ1) is 9.19. The van der Waals surface area contributed by atoms with Crippen LogP contribution in [0.25, 0.3) is 0 Å². The summed E-state index contributed by atoms with van der Waals surface area (Å²) < 4.78 is 0. The van der Waals surface area contributed by atoms with Crippen LogP contribution in [-0.4, -0.2) is 30.6 Å². The summed E-state index contributed by atoms with van der Waals surface area (Å²) in [5.41, 5.74) is 2.74. The molecule has 1 atom stereocenters.